The third-order valence-electron chi connectivity index (χ3n) is 5.16. The van der Waals surface area contributed by atoms with Crippen LogP contribution in [0.1, 0.15) is 11.1 Å². The zero-order valence-electron chi connectivity index (χ0n) is 17.2. The molecule has 1 aliphatic rings. The van der Waals surface area contributed by atoms with Crippen molar-refractivity contribution in [2.45, 2.75) is 13.5 Å². The number of carbonyl (C=O) groups excluding carboxylic acids is 4. The molecule has 0 bridgehead atoms. The minimum atomic E-state index is -0.856. The van der Waals surface area contributed by atoms with Crippen molar-refractivity contribution < 1.29 is 23.9 Å². The number of para-hydroxylation sites is 1. The summed E-state index contributed by atoms with van der Waals surface area (Å²) in [7, 11) is 1.30. The Hall–Kier alpha value is -3.91. The molecule has 4 amide bonds. The van der Waals surface area contributed by atoms with Crippen molar-refractivity contribution >= 4 is 58.1 Å². The minimum Gasteiger partial charge on any atom is -0.468 e. The minimum absolute atomic E-state index is 0.0349. The number of methoxy groups -OCH3 is 1. The van der Waals surface area contributed by atoms with Gasteiger partial charge in [-0.2, -0.15) is 0 Å². The number of imide groups is 2. The molecule has 2 aromatic carbocycles. The summed E-state index contributed by atoms with van der Waals surface area (Å²) in [4.78, 5) is 50.8. The third kappa shape index (κ3) is 3.76. The van der Waals surface area contributed by atoms with Gasteiger partial charge in [0.1, 0.15) is 12.1 Å². The molecule has 0 atom stereocenters. The molecule has 8 nitrogen and oxygen atoms in total. The molecule has 4 rings (SSSR count). The van der Waals surface area contributed by atoms with Gasteiger partial charge in [-0.3, -0.25) is 19.7 Å². The highest BCUT2D eigenvalue weighted by atomic mass is 35.5. The molecule has 1 aliphatic heterocycles. The quantitative estimate of drug-likeness (QED) is 0.372. The number of anilines is 1. The van der Waals surface area contributed by atoms with Crippen molar-refractivity contribution in [1.82, 2.24) is 9.88 Å². The van der Waals surface area contributed by atoms with E-state index in [4.69, 9.17) is 16.3 Å². The maximum absolute atomic E-state index is 13.2. The number of hydrogen-bond donors (Lipinski definition) is 1. The van der Waals surface area contributed by atoms with E-state index in [0.717, 1.165) is 21.4 Å². The number of rotatable bonds is 4. The molecule has 3 aromatic rings. The number of aryl methyl sites for hydroxylation is 1. The topological polar surface area (TPSA) is 97.7 Å². The van der Waals surface area contributed by atoms with Crippen molar-refractivity contribution in [3.63, 3.8) is 0 Å². The van der Waals surface area contributed by atoms with Crippen molar-refractivity contribution in [3.05, 3.63) is 70.4 Å². The molecule has 0 radical (unpaired) electrons. The third-order valence-corrected chi connectivity index (χ3v) is 5.57. The van der Waals surface area contributed by atoms with Gasteiger partial charge in [-0.1, -0.05) is 35.9 Å². The fourth-order valence-electron chi connectivity index (χ4n) is 3.49. The summed E-state index contributed by atoms with van der Waals surface area (Å²) in [5, 5.41) is 3.31. The van der Waals surface area contributed by atoms with Crippen molar-refractivity contribution in [3.8, 4) is 0 Å². The molecule has 1 aromatic heterocycles. The van der Waals surface area contributed by atoms with E-state index >= 15 is 0 Å². The molecule has 1 saturated heterocycles. The van der Waals surface area contributed by atoms with Crippen LogP contribution in [0, 0.1) is 6.92 Å². The van der Waals surface area contributed by atoms with E-state index in [1.54, 1.807) is 35.9 Å². The lowest BCUT2D eigenvalue weighted by Gasteiger charge is -2.26. The molecular weight excluding hydrogens is 434 g/mol. The van der Waals surface area contributed by atoms with Crippen LogP contribution in [-0.2, 0) is 25.7 Å². The Bertz CT molecular complexity index is 1320. The van der Waals surface area contributed by atoms with Gasteiger partial charge in [-0.05, 0) is 36.8 Å². The number of halogens is 1. The maximum atomic E-state index is 13.2. The Balaban J connectivity index is 1.79. The van der Waals surface area contributed by atoms with Gasteiger partial charge in [0.05, 0.1) is 12.8 Å². The van der Waals surface area contributed by atoms with Crippen LogP contribution < -0.4 is 10.2 Å². The summed E-state index contributed by atoms with van der Waals surface area (Å²) in [5.74, 6) is -2.02. The van der Waals surface area contributed by atoms with Crippen LogP contribution in [0.3, 0.4) is 0 Å². The number of ether oxygens (including phenoxy) is 1. The van der Waals surface area contributed by atoms with Crippen molar-refractivity contribution in [1.29, 1.82) is 0 Å². The Morgan fingerprint density at radius 2 is 1.91 bits per heavy atom. The van der Waals surface area contributed by atoms with Crippen LogP contribution in [-0.4, -0.2) is 35.5 Å². The molecule has 0 spiro atoms. The first kappa shape index (κ1) is 21.3. The number of urea groups is 1. The number of carbonyl (C=O) groups is 4. The largest absolute Gasteiger partial charge is 0.468 e. The van der Waals surface area contributed by atoms with E-state index in [2.05, 4.69) is 5.32 Å². The average Bonchev–Trinajstić information content (AvgIpc) is 3.10. The highest BCUT2D eigenvalue weighted by Gasteiger charge is 2.37. The van der Waals surface area contributed by atoms with Crippen LogP contribution >= 0.6 is 11.6 Å². The Morgan fingerprint density at radius 1 is 1.16 bits per heavy atom. The number of barbiturate groups is 1. The Morgan fingerprint density at radius 3 is 2.62 bits per heavy atom. The van der Waals surface area contributed by atoms with Gasteiger partial charge in [0.25, 0.3) is 11.8 Å². The second-order valence-corrected chi connectivity index (χ2v) is 7.60. The van der Waals surface area contributed by atoms with Crippen LogP contribution in [0.25, 0.3) is 17.0 Å². The summed E-state index contributed by atoms with van der Waals surface area (Å²) in [6, 6.07) is 11.1. The Kier molecular flexibility index (Phi) is 5.54. The van der Waals surface area contributed by atoms with E-state index < -0.39 is 23.8 Å². The lowest BCUT2D eigenvalue weighted by Crippen LogP contribution is -2.54. The molecule has 0 unspecified atom stereocenters. The summed E-state index contributed by atoms with van der Waals surface area (Å²) < 4.78 is 6.41. The highest BCUT2D eigenvalue weighted by Crippen LogP contribution is 2.28. The van der Waals surface area contributed by atoms with E-state index in [1.165, 1.54) is 19.3 Å². The monoisotopic (exact) mass is 451 g/mol. The zero-order valence-corrected chi connectivity index (χ0v) is 18.0. The lowest BCUT2D eigenvalue weighted by molar-refractivity contribution is -0.141. The number of hydrogen-bond acceptors (Lipinski definition) is 5. The lowest BCUT2D eigenvalue weighted by atomic mass is 10.1. The number of nitrogens with one attached hydrogen (secondary N) is 1. The van der Waals surface area contributed by atoms with E-state index in [-0.39, 0.29) is 17.8 Å². The first-order valence-electron chi connectivity index (χ1n) is 9.62. The number of amides is 4. The van der Waals surface area contributed by atoms with Crippen LogP contribution in [0.4, 0.5) is 10.5 Å². The van der Waals surface area contributed by atoms with Crippen molar-refractivity contribution in [2.75, 3.05) is 12.0 Å². The highest BCUT2D eigenvalue weighted by molar-refractivity contribution is 6.39. The molecule has 0 aliphatic carbocycles. The number of benzene rings is 2. The number of esters is 1. The van der Waals surface area contributed by atoms with Gasteiger partial charge < -0.3 is 9.30 Å². The van der Waals surface area contributed by atoms with E-state index in [9.17, 15) is 19.2 Å². The number of fused-ring (bicyclic) bond motifs is 1. The van der Waals surface area contributed by atoms with Gasteiger partial charge in [-0.25, -0.2) is 9.69 Å². The summed E-state index contributed by atoms with van der Waals surface area (Å²) in [6.07, 6.45) is 3.06. The fraction of sp³-hybridized carbons (Fsp3) is 0.130. The smallest absolute Gasteiger partial charge is 0.335 e. The number of aromatic nitrogens is 1. The van der Waals surface area contributed by atoms with E-state index in [1.807, 2.05) is 18.2 Å². The molecular formula is C23H18ClN3O5. The molecule has 32 heavy (non-hydrogen) atoms. The van der Waals surface area contributed by atoms with Gasteiger partial charge >= 0.3 is 12.0 Å². The first-order chi connectivity index (χ1) is 15.3. The molecule has 162 valence electrons. The van der Waals surface area contributed by atoms with Crippen LogP contribution in [0.15, 0.2) is 54.2 Å². The summed E-state index contributed by atoms with van der Waals surface area (Å²) >= 11 is 6.15. The standard InChI is InChI=1S/C23H18ClN3O5/c1-13-7-8-15(10-18(13)24)27-22(30)17(21(29)25-23(27)31)9-14-11-26(12-20(28)32-2)19-6-4-3-5-16(14)19/h3-11H,12H2,1-2H3,(H,25,29,31)/b17-9+. The number of nitrogens with zero attached hydrogens (tertiary/aromatic N) is 2. The maximum Gasteiger partial charge on any atom is 0.335 e. The predicted octanol–water partition coefficient (Wildman–Crippen LogP) is 3.44. The first-order valence-corrected chi connectivity index (χ1v) is 10.00. The van der Waals surface area contributed by atoms with Gasteiger partial charge in [0.2, 0.25) is 0 Å². The molecule has 1 fully saturated rings. The van der Waals surface area contributed by atoms with Gasteiger partial charge in [0, 0.05) is 27.7 Å². The van der Waals surface area contributed by atoms with Crippen LogP contribution in [0.2, 0.25) is 5.02 Å². The van der Waals surface area contributed by atoms with Crippen molar-refractivity contribution in [2.24, 2.45) is 0 Å². The average molecular weight is 452 g/mol. The molecule has 1 N–H and O–H groups in total. The molecule has 0 saturated carbocycles. The SMILES string of the molecule is COC(=O)Cn1cc(/C=C2\C(=O)NC(=O)N(c3ccc(C)c(Cl)c3)C2=O)c2ccccc21. The second kappa shape index (κ2) is 8.32. The fourth-order valence-corrected chi connectivity index (χ4v) is 3.67. The normalized spacial score (nSPS) is 15.4. The van der Waals surface area contributed by atoms with E-state index in [0.29, 0.717) is 10.6 Å². The predicted molar refractivity (Wildman–Crippen MR) is 119 cm³/mol. The summed E-state index contributed by atoms with van der Waals surface area (Å²) in [5.41, 5.74) is 2.08. The molecule has 9 heteroatoms. The van der Waals surface area contributed by atoms with Crippen LogP contribution in [0.5, 0.6) is 0 Å². The zero-order chi connectivity index (χ0) is 23.0. The van der Waals surface area contributed by atoms with Gasteiger partial charge in [-0.15, -0.1) is 0 Å². The van der Waals surface area contributed by atoms with Gasteiger partial charge in [0.15, 0.2) is 0 Å². The summed E-state index contributed by atoms with van der Waals surface area (Å²) in [6.45, 7) is 1.76. The Labute approximate surface area is 188 Å². The molecule has 2 heterocycles. The second-order valence-electron chi connectivity index (χ2n) is 7.20.